The molecule has 34 heavy (non-hydrogen) atoms. The maximum atomic E-state index is 13.6. The lowest BCUT2D eigenvalue weighted by atomic mass is 9.98. The van der Waals surface area contributed by atoms with Crippen molar-refractivity contribution in [3.8, 4) is 28.3 Å². The number of aromatic nitrogens is 3. The van der Waals surface area contributed by atoms with Crippen molar-refractivity contribution in [2.75, 3.05) is 12.0 Å². The quantitative estimate of drug-likeness (QED) is 0.409. The number of halogens is 3. The van der Waals surface area contributed by atoms with Crippen molar-refractivity contribution in [3.05, 3.63) is 83.7 Å². The number of carbonyl (C=O) groups is 1. The minimum Gasteiger partial charge on any atom is -0.495 e. The molecule has 0 unspecified atom stereocenters. The summed E-state index contributed by atoms with van der Waals surface area (Å²) >= 11 is 0. The van der Waals surface area contributed by atoms with E-state index in [2.05, 4.69) is 10.2 Å². The number of amides is 1. The zero-order valence-electron chi connectivity index (χ0n) is 18.3. The second-order valence-corrected chi connectivity index (χ2v) is 7.92. The van der Waals surface area contributed by atoms with Gasteiger partial charge in [0.05, 0.1) is 24.9 Å². The highest BCUT2D eigenvalue weighted by atomic mass is 19.4. The van der Waals surface area contributed by atoms with Crippen molar-refractivity contribution in [2.24, 2.45) is 7.05 Å². The SMILES string of the molecule is COc1ccc(-c2ccccc2-c2nncn2C)cc1N1Cc2c(cccc2C(F)(F)F)C1=O. The Morgan fingerprint density at radius 1 is 0.971 bits per heavy atom. The van der Waals surface area contributed by atoms with Crippen molar-refractivity contribution < 1.29 is 22.7 Å². The van der Waals surface area contributed by atoms with Crippen molar-refractivity contribution in [1.82, 2.24) is 14.8 Å². The van der Waals surface area contributed by atoms with Gasteiger partial charge in [0.15, 0.2) is 5.82 Å². The van der Waals surface area contributed by atoms with Crippen molar-refractivity contribution >= 4 is 11.6 Å². The zero-order valence-corrected chi connectivity index (χ0v) is 18.3. The topological polar surface area (TPSA) is 60.3 Å². The van der Waals surface area contributed by atoms with Crippen LogP contribution in [-0.2, 0) is 19.8 Å². The predicted octanol–water partition coefficient (Wildman–Crippen LogP) is 5.34. The Bertz CT molecular complexity index is 1410. The number of anilines is 1. The zero-order chi connectivity index (χ0) is 24.0. The Morgan fingerprint density at radius 2 is 1.71 bits per heavy atom. The fourth-order valence-electron chi connectivity index (χ4n) is 4.32. The molecule has 0 radical (unpaired) electrons. The monoisotopic (exact) mass is 464 g/mol. The molecule has 0 saturated carbocycles. The first-order valence-electron chi connectivity index (χ1n) is 10.4. The second kappa shape index (κ2) is 8.02. The number of alkyl halides is 3. The summed E-state index contributed by atoms with van der Waals surface area (Å²) in [4.78, 5) is 14.5. The van der Waals surface area contributed by atoms with Crippen LogP contribution in [0.1, 0.15) is 21.5 Å². The van der Waals surface area contributed by atoms with Gasteiger partial charge in [-0.05, 0) is 41.0 Å². The smallest absolute Gasteiger partial charge is 0.416 e. The molecule has 6 nitrogen and oxygen atoms in total. The van der Waals surface area contributed by atoms with E-state index in [1.54, 1.807) is 23.0 Å². The van der Waals surface area contributed by atoms with E-state index in [0.29, 0.717) is 17.3 Å². The summed E-state index contributed by atoms with van der Waals surface area (Å²) < 4.78 is 48.0. The number of hydrogen-bond acceptors (Lipinski definition) is 4. The first-order valence-corrected chi connectivity index (χ1v) is 10.4. The fourth-order valence-corrected chi connectivity index (χ4v) is 4.32. The first kappa shape index (κ1) is 21.7. The standard InChI is InChI=1S/C25H19F3N4O2/c1-31-14-29-30-23(31)17-7-4-3-6-16(17)15-10-11-22(34-2)21(12-15)32-13-19-18(24(32)33)8-5-9-20(19)25(26,27)28/h3-12,14H,13H2,1-2H3. The molecule has 2 heterocycles. The van der Waals surface area contributed by atoms with E-state index in [4.69, 9.17) is 4.74 Å². The fraction of sp³-hybridized carbons (Fsp3) is 0.160. The Labute approximate surface area is 193 Å². The van der Waals surface area contributed by atoms with E-state index in [-0.39, 0.29) is 17.7 Å². The molecule has 1 aromatic heterocycles. The average Bonchev–Trinajstić information content (AvgIpc) is 3.41. The van der Waals surface area contributed by atoms with Crippen molar-refractivity contribution in [3.63, 3.8) is 0 Å². The predicted molar refractivity (Wildman–Crippen MR) is 120 cm³/mol. The second-order valence-electron chi connectivity index (χ2n) is 7.92. The van der Waals surface area contributed by atoms with Gasteiger partial charge in [-0.3, -0.25) is 4.79 Å². The number of aryl methyl sites for hydroxylation is 1. The van der Waals surface area contributed by atoms with Crippen LogP contribution in [0.5, 0.6) is 5.75 Å². The lowest BCUT2D eigenvalue weighted by Crippen LogP contribution is -2.23. The van der Waals surface area contributed by atoms with Gasteiger partial charge in [-0.1, -0.05) is 36.4 Å². The number of hydrogen-bond donors (Lipinski definition) is 0. The Morgan fingerprint density at radius 3 is 2.38 bits per heavy atom. The number of fused-ring (bicyclic) bond motifs is 1. The molecule has 5 rings (SSSR count). The van der Waals surface area contributed by atoms with Crippen LogP contribution in [0.3, 0.4) is 0 Å². The van der Waals surface area contributed by atoms with Gasteiger partial charge >= 0.3 is 6.18 Å². The summed E-state index contributed by atoms with van der Waals surface area (Å²) in [5.41, 5.74) is 2.02. The highest BCUT2D eigenvalue weighted by molar-refractivity contribution is 6.11. The molecule has 1 aliphatic heterocycles. The van der Waals surface area contributed by atoms with Crippen LogP contribution in [0.25, 0.3) is 22.5 Å². The van der Waals surface area contributed by atoms with E-state index in [1.807, 2.05) is 37.4 Å². The van der Waals surface area contributed by atoms with E-state index in [1.165, 1.54) is 24.1 Å². The minimum absolute atomic E-state index is 0.0352. The summed E-state index contributed by atoms with van der Waals surface area (Å²) in [7, 11) is 3.30. The average molecular weight is 464 g/mol. The Kier molecular flexibility index (Phi) is 5.11. The Hall–Kier alpha value is -4.14. The highest BCUT2D eigenvalue weighted by Crippen LogP contribution is 2.42. The van der Waals surface area contributed by atoms with Gasteiger partial charge in [0.25, 0.3) is 5.91 Å². The summed E-state index contributed by atoms with van der Waals surface area (Å²) in [6, 6.07) is 16.6. The van der Waals surface area contributed by atoms with E-state index in [9.17, 15) is 18.0 Å². The minimum atomic E-state index is -4.55. The molecular formula is C25H19F3N4O2. The number of rotatable bonds is 4. The van der Waals surface area contributed by atoms with E-state index < -0.39 is 17.6 Å². The molecule has 0 saturated heterocycles. The number of nitrogens with zero attached hydrogens (tertiary/aromatic N) is 4. The third-order valence-electron chi connectivity index (χ3n) is 5.93. The molecule has 0 fully saturated rings. The molecule has 4 aromatic rings. The van der Waals surface area contributed by atoms with Crippen LogP contribution in [0.15, 0.2) is 67.0 Å². The molecule has 0 N–H and O–H groups in total. The third-order valence-corrected chi connectivity index (χ3v) is 5.93. The van der Waals surface area contributed by atoms with Crippen LogP contribution < -0.4 is 9.64 Å². The molecule has 3 aromatic carbocycles. The third kappa shape index (κ3) is 3.49. The molecule has 9 heteroatoms. The van der Waals surface area contributed by atoms with E-state index >= 15 is 0 Å². The maximum absolute atomic E-state index is 13.6. The van der Waals surface area contributed by atoms with Crippen LogP contribution in [0.2, 0.25) is 0 Å². The summed E-state index contributed by atoms with van der Waals surface area (Å²) in [5, 5.41) is 8.14. The summed E-state index contributed by atoms with van der Waals surface area (Å²) in [6.07, 6.45) is -2.95. The molecule has 1 aliphatic rings. The van der Waals surface area contributed by atoms with Crippen molar-refractivity contribution in [2.45, 2.75) is 12.7 Å². The lowest BCUT2D eigenvalue weighted by Gasteiger charge is -2.21. The normalized spacial score (nSPS) is 13.3. The van der Waals surface area contributed by atoms with Gasteiger partial charge in [0.1, 0.15) is 12.1 Å². The van der Waals surface area contributed by atoms with Crippen LogP contribution in [-0.4, -0.2) is 27.8 Å². The number of ether oxygens (including phenoxy) is 1. The van der Waals surface area contributed by atoms with Gasteiger partial charge in [0, 0.05) is 18.2 Å². The van der Waals surface area contributed by atoms with Gasteiger partial charge in [-0.2, -0.15) is 13.2 Å². The molecule has 1 amide bonds. The molecule has 0 bridgehead atoms. The number of benzene rings is 3. The summed E-state index contributed by atoms with van der Waals surface area (Å²) in [6.45, 7) is -0.200. The van der Waals surface area contributed by atoms with Crippen LogP contribution >= 0.6 is 0 Å². The molecule has 0 aliphatic carbocycles. The van der Waals surface area contributed by atoms with Gasteiger partial charge < -0.3 is 14.2 Å². The van der Waals surface area contributed by atoms with Gasteiger partial charge in [-0.15, -0.1) is 10.2 Å². The molecule has 0 atom stereocenters. The van der Waals surface area contributed by atoms with Gasteiger partial charge in [-0.25, -0.2) is 0 Å². The van der Waals surface area contributed by atoms with Crippen LogP contribution in [0.4, 0.5) is 18.9 Å². The van der Waals surface area contributed by atoms with Crippen molar-refractivity contribution in [1.29, 1.82) is 0 Å². The number of carbonyl (C=O) groups excluding carboxylic acids is 1. The van der Waals surface area contributed by atoms with Crippen LogP contribution in [0, 0.1) is 0 Å². The maximum Gasteiger partial charge on any atom is 0.416 e. The molecular weight excluding hydrogens is 445 g/mol. The molecule has 172 valence electrons. The summed E-state index contributed by atoms with van der Waals surface area (Å²) in [5.74, 6) is 0.542. The lowest BCUT2D eigenvalue weighted by molar-refractivity contribution is -0.138. The Balaban J connectivity index is 1.62. The van der Waals surface area contributed by atoms with E-state index in [0.717, 1.165) is 22.8 Å². The molecule has 0 spiro atoms. The first-order chi connectivity index (χ1) is 16.3. The highest BCUT2D eigenvalue weighted by Gasteiger charge is 2.40. The number of methoxy groups -OCH3 is 1. The van der Waals surface area contributed by atoms with Gasteiger partial charge in [0.2, 0.25) is 0 Å². The largest absolute Gasteiger partial charge is 0.495 e.